The zero-order chi connectivity index (χ0) is 12.9. The Labute approximate surface area is 113 Å². The van der Waals surface area contributed by atoms with Crippen molar-refractivity contribution in [1.82, 2.24) is 9.61 Å². The number of fused-ring (bicyclic) bond motifs is 1. The molecule has 96 valence electrons. The maximum Gasteiger partial charge on any atom is 0.0889 e. The first-order valence-corrected chi connectivity index (χ1v) is 7.73. The summed E-state index contributed by atoms with van der Waals surface area (Å²) in [5.41, 5.74) is 4.28. The molecule has 1 aliphatic rings. The quantitative estimate of drug-likeness (QED) is 0.884. The molecule has 1 aliphatic carbocycles. The van der Waals surface area contributed by atoms with Crippen LogP contribution in [0.5, 0.6) is 0 Å². The molecule has 0 aliphatic heterocycles. The summed E-state index contributed by atoms with van der Waals surface area (Å²) in [4.78, 5) is 0. The number of aliphatic hydroxyl groups is 1. The maximum absolute atomic E-state index is 9.23. The summed E-state index contributed by atoms with van der Waals surface area (Å²) in [5, 5.41) is 13.7. The first kappa shape index (κ1) is 12.9. The Hall–Kier alpha value is -0.0600. The standard InChI is InChI=1S/C12H17N2OP3/c15-6-9-5-10-3-8(7-1-2-7)4-11(12(16,17)18)14(10)13-9/h3-5,7,15H,1-2,6,16-18H2. The molecule has 3 nitrogen and oxygen atoms in total. The molecular formula is C12H17N2OP3. The second-order valence-electron chi connectivity index (χ2n) is 5.01. The summed E-state index contributed by atoms with van der Waals surface area (Å²) in [6.07, 6.45) is 2.57. The van der Waals surface area contributed by atoms with Gasteiger partial charge in [-0.25, -0.2) is 4.52 Å². The minimum Gasteiger partial charge on any atom is -0.390 e. The van der Waals surface area contributed by atoms with Crippen LogP contribution in [0.15, 0.2) is 18.2 Å². The minimum absolute atomic E-state index is 0.0164. The second-order valence-corrected chi connectivity index (χ2v) is 9.88. The van der Waals surface area contributed by atoms with Gasteiger partial charge in [-0.1, -0.05) is 0 Å². The fourth-order valence-corrected chi connectivity index (χ4v) is 2.83. The van der Waals surface area contributed by atoms with E-state index in [2.05, 4.69) is 45.0 Å². The average molecular weight is 298 g/mol. The minimum atomic E-state index is -0.193. The Bertz CT molecular complexity index is 599. The number of hydrogen-bond acceptors (Lipinski definition) is 2. The van der Waals surface area contributed by atoms with Gasteiger partial charge in [0.2, 0.25) is 0 Å². The molecule has 3 rings (SSSR count). The van der Waals surface area contributed by atoms with Crippen LogP contribution in [0.4, 0.5) is 0 Å². The average Bonchev–Trinajstić information content (AvgIpc) is 3.06. The van der Waals surface area contributed by atoms with Crippen LogP contribution in [0.25, 0.3) is 5.52 Å². The number of hydrogen-bond donors (Lipinski definition) is 1. The predicted octanol–water partition coefficient (Wildman–Crippen LogP) is 2.44. The molecular weight excluding hydrogens is 281 g/mol. The summed E-state index contributed by atoms with van der Waals surface area (Å²) in [5.74, 6) is 0.712. The number of aliphatic hydroxyl groups excluding tert-OH is 1. The van der Waals surface area contributed by atoms with Crippen LogP contribution in [0.1, 0.15) is 35.7 Å². The number of aromatic nitrogens is 2. The molecule has 0 aromatic carbocycles. The Morgan fingerprint density at radius 1 is 1.28 bits per heavy atom. The van der Waals surface area contributed by atoms with E-state index in [4.69, 9.17) is 0 Å². The first-order valence-electron chi connectivity index (χ1n) is 5.99. The molecule has 2 aromatic rings. The Morgan fingerprint density at radius 3 is 2.56 bits per heavy atom. The van der Waals surface area contributed by atoms with Gasteiger partial charge in [-0.3, -0.25) is 0 Å². The van der Waals surface area contributed by atoms with E-state index >= 15 is 0 Å². The fraction of sp³-hybridized carbons (Fsp3) is 0.417. The van der Waals surface area contributed by atoms with Crippen molar-refractivity contribution in [1.29, 1.82) is 0 Å². The van der Waals surface area contributed by atoms with E-state index in [-0.39, 0.29) is 11.2 Å². The van der Waals surface area contributed by atoms with Crippen LogP contribution in [0.2, 0.25) is 0 Å². The summed E-state index contributed by atoms with van der Waals surface area (Å²) in [7, 11) is 8.42. The highest BCUT2D eigenvalue weighted by molar-refractivity contribution is 7.56. The lowest BCUT2D eigenvalue weighted by molar-refractivity contribution is 0.276. The van der Waals surface area contributed by atoms with Crippen molar-refractivity contribution < 1.29 is 5.11 Å². The molecule has 2 aromatic heterocycles. The third-order valence-electron chi connectivity index (χ3n) is 3.29. The first-order chi connectivity index (χ1) is 8.49. The lowest BCUT2D eigenvalue weighted by Crippen LogP contribution is -2.08. The van der Waals surface area contributed by atoms with Gasteiger partial charge >= 0.3 is 0 Å². The van der Waals surface area contributed by atoms with E-state index in [0.717, 1.165) is 11.2 Å². The smallest absolute Gasteiger partial charge is 0.0889 e. The number of nitrogens with zero attached hydrogens (tertiary/aromatic N) is 2. The zero-order valence-electron chi connectivity index (χ0n) is 10.0. The SMILES string of the molecule is OCc1cc2cc(C3CC3)cc(C(P)(P)P)n2n1. The molecule has 0 spiro atoms. The number of pyridine rings is 1. The van der Waals surface area contributed by atoms with E-state index in [0.29, 0.717) is 11.6 Å². The lowest BCUT2D eigenvalue weighted by atomic mass is 10.1. The molecule has 0 amide bonds. The largest absolute Gasteiger partial charge is 0.390 e. The van der Waals surface area contributed by atoms with Gasteiger partial charge in [-0.2, -0.15) is 5.10 Å². The highest BCUT2D eigenvalue weighted by atomic mass is 31.1. The van der Waals surface area contributed by atoms with E-state index in [9.17, 15) is 5.11 Å². The number of rotatable bonds is 3. The van der Waals surface area contributed by atoms with Crippen LogP contribution in [-0.4, -0.2) is 14.7 Å². The lowest BCUT2D eigenvalue weighted by Gasteiger charge is -2.20. The Kier molecular flexibility index (Phi) is 3.23. The molecule has 1 fully saturated rings. The normalized spacial score (nSPS) is 16.4. The van der Waals surface area contributed by atoms with Gasteiger partial charge in [0.15, 0.2) is 0 Å². The molecule has 3 atom stereocenters. The monoisotopic (exact) mass is 298 g/mol. The van der Waals surface area contributed by atoms with Gasteiger partial charge in [0.25, 0.3) is 0 Å². The van der Waals surface area contributed by atoms with Gasteiger partial charge < -0.3 is 5.11 Å². The fourth-order valence-electron chi connectivity index (χ4n) is 2.21. The van der Waals surface area contributed by atoms with Crippen molar-refractivity contribution in [3.05, 3.63) is 35.2 Å². The highest BCUT2D eigenvalue weighted by Gasteiger charge is 2.27. The van der Waals surface area contributed by atoms with Crippen molar-refractivity contribution in [2.45, 2.75) is 30.0 Å². The van der Waals surface area contributed by atoms with Gasteiger partial charge in [0.05, 0.1) is 28.1 Å². The molecule has 1 N–H and O–H groups in total. The molecule has 3 unspecified atom stereocenters. The molecule has 1 saturated carbocycles. The topological polar surface area (TPSA) is 37.5 Å². The van der Waals surface area contributed by atoms with Crippen molar-refractivity contribution in [2.24, 2.45) is 0 Å². The molecule has 2 heterocycles. The zero-order valence-corrected chi connectivity index (χ0v) is 13.5. The summed E-state index contributed by atoms with van der Waals surface area (Å²) < 4.78 is 1.73. The molecule has 0 bridgehead atoms. The Balaban J connectivity index is 2.25. The van der Waals surface area contributed by atoms with Crippen LogP contribution in [-0.2, 0) is 11.2 Å². The van der Waals surface area contributed by atoms with Crippen LogP contribution < -0.4 is 0 Å². The van der Waals surface area contributed by atoms with E-state index in [1.165, 1.54) is 18.4 Å². The van der Waals surface area contributed by atoms with Gasteiger partial charge in [0.1, 0.15) is 0 Å². The molecule has 18 heavy (non-hydrogen) atoms. The molecule has 0 saturated heterocycles. The molecule has 6 heteroatoms. The van der Waals surface area contributed by atoms with E-state index in [1.54, 1.807) is 0 Å². The van der Waals surface area contributed by atoms with Crippen LogP contribution in [0, 0.1) is 0 Å². The van der Waals surface area contributed by atoms with E-state index < -0.39 is 0 Å². The third-order valence-corrected chi connectivity index (χ3v) is 4.18. The van der Waals surface area contributed by atoms with Crippen molar-refractivity contribution in [3.8, 4) is 0 Å². The summed E-state index contributed by atoms with van der Waals surface area (Å²) in [6.45, 7) is -0.0164. The highest BCUT2D eigenvalue weighted by Crippen LogP contribution is 2.47. The van der Waals surface area contributed by atoms with Crippen LogP contribution in [0.3, 0.4) is 0 Å². The Morgan fingerprint density at radius 2 is 2.00 bits per heavy atom. The summed E-state index contributed by atoms with van der Waals surface area (Å²) >= 11 is 0. The molecule has 0 radical (unpaired) electrons. The van der Waals surface area contributed by atoms with Crippen LogP contribution >= 0.6 is 27.7 Å². The van der Waals surface area contributed by atoms with Crippen molar-refractivity contribution in [2.75, 3.05) is 0 Å². The third kappa shape index (κ3) is 2.35. The van der Waals surface area contributed by atoms with Gasteiger partial charge in [-0.15, -0.1) is 27.7 Å². The van der Waals surface area contributed by atoms with Crippen molar-refractivity contribution >= 4 is 33.2 Å². The summed E-state index contributed by atoms with van der Waals surface area (Å²) in [6, 6.07) is 6.38. The second kappa shape index (κ2) is 4.50. The van der Waals surface area contributed by atoms with E-state index in [1.807, 2.05) is 10.6 Å². The predicted molar refractivity (Wildman–Crippen MR) is 83.9 cm³/mol. The maximum atomic E-state index is 9.23. The van der Waals surface area contributed by atoms with Gasteiger partial charge in [-0.05, 0) is 42.5 Å². The van der Waals surface area contributed by atoms with Gasteiger partial charge in [0, 0.05) is 0 Å². The van der Waals surface area contributed by atoms with Crippen molar-refractivity contribution in [3.63, 3.8) is 0 Å².